The number of anilines is 3. The summed E-state index contributed by atoms with van der Waals surface area (Å²) < 4.78 is 28.1. The van der Waals surface area contributed by atoms with Crippen LogP contribution in [0.4, 0.5) is 26.1 Å². The first kappa shape index (κ1) is 23.7. The van der Waals surface area contributed by atoms with Crippen molar-refractivity contribution in [2.24, 2.45) is 0 Å². The first-order valence-corrected chi connectivity index (χ1v) is 10.8. The summed E-state index contributed by atoms with van der Waals surface area (Å²) in [6, 6.07) is 5.13. The third kappa shape index (κ3) is 6.30. The number of nitrogens with zero attached hydrogens (tertiary/aromatic N) is 3. The Balaban J connectivity index is 1.81. The molecule has 8 nitrogen and oxygen atoms in total. The molecule has 0 aromatic carbocycles. The molecule has 0 unspecified atom stereocenters. The van der Waals surface area contributed by atoms with E-state index in [0.717, 1.165) is 10.3 Å². The van der Waals surface area contributed by atoms with E-state index in [4.69, 9.17) is 0 Å². The predicted octanol–water partition coefficient (Wildman–Crippen LogP) is 3.83. The fourth-order valence-corrected chi connectivity index (χ4v) is 3.29. The molecule has 3 aromatic heterocycles. The van der Waals surface area contributed by atoms with E-state index in [1.807, 2.05) is 6.07 Å². The molecule has 3 rings (SSSR count). The van der Waals surface area contributed by atoms with Crippen LogP contribution < -0.4 is 16.0 Å². The van der Waals surface area contributed by atoms with E-state index in [1.54, 1.807) is 17.6 Å². The van der Waals surface area contributed by atoms with E-state index >= 15 is 0 Å². The van der Waals surface area contributed by atoms with Crippen molar-refractivity contribution in [2.75, 3.05) is 23.7 Å². The van der Waals surface area contributed by atoms with Crippen LogP contribution in [0.25, 0.3) is 10.3 Å². The molecule has 11 heteroatoms. The number of fused-ring (bicyclic) bond motifs is 1. The predicted molar refractivity (Wildman–Crippen MR) is 122 cm³/mol. The average molecular weight is 465 g/mol. The second-order valence-corrected chi connectivity index (χ2v) is 9.35. The highest BCUT2D eigenvalue weighted by molar-refractivity contribution is 7.16. The van der Waals surface area contributed by atoms with Crippen LogP contribution in [0.2, 0.25) is 0 Å². The molecule has 0 aliphatic heterocycles. The zero-order chi connectivity index (χ0) is 23.5. The molecule has 0 bridgehead atoms. The van der Waals surface area contributed by atoms with Crippen LogP contribution in [-0.4, -0.2) is 56.5 Å². The normalized spacial score (nSPS) is 13.1. The summed E-state index contributed by atoms with van der Waals surface area (Å²) in [6.07, 6.45) is -0.345. The van der Waals surface area contributed by atoms with Gasteiger partial charge in [0.25, 0.3) is 5.91 Å². The quantitative estimate of drug-likeness (QED) is 0.381. The zero-order valence-corrected chi connectivity index (χ0v) is 19.1. The lowest BCUT2D eigenvalue weighted by Crippen LogP contribution is -2.42. The number of rotatable bonds is 9. The SMILES string of the molecule is CC(C)(F)CNc1cc(Nc2ccc3ncsc3n2)ncc1C(=O)NC[C@@H](F)C(C)(C)O. The molecule has 32 heavy (non-hydrogen) atoms. The van der Waals surface area contributed by atoms with Crippen LogP contribution in [-0.2, 0) is 0 Å². The molecule has 0 saturated heterocycles. The number of aliphatic hydroxyl groups is 1. The summed E-state index contributed by atoms with van der Waals surface area (Å²) in [7, 11) is 0. The number of hydrogen-bond donors (Lipinski definition) is 4. The maximum absolute atomic E-state index is 14.1. The van der Waals surface area contributed by atoms with Gasteiger partial charge in [0.1, 0.15) is 33.8 Å². The summed E-state index contributed by atoms with van der Waals surface area (Å²) in [6.45, 7) is 5.02. The number of carbonyl (C=O) groups is 1. The number of halogens is 2. The van der Waals surface area contributed by atoms with Gasteiger partial charge in [-0.25, -0.2) is 23.7 Å². The third-order valence-corrected chi connectivity index (χ3v) is 5.24. The van der Waals surface area contributed by atoms with E-state index in [0.29, 0.717) is 17.3 Å². The van der Waals surface area contributed by atoms with Crippen LogP contribution >= 0.6 is 11.3 Å². The standard InChI is InChI=1S/C21H26F2N6O2S/c1-20(2,23)10-26-14-7-17(28-16-6-5-13-19(29-16)32-11-27-13)24-8-12(14)18(30)25-9-15(22)21(3,4)31/h5-8,11,15,31H,9-10H2,1-4H3,(H,25,30)(H2,24,26,28,29)/t15-/m1/s1. The molecule has 0 spiro atoms. The summed E-state index contributed by atoms with van der Waals surface area (Å²) in [4.78, 5) is 26.3. The molecule has 1 atom stereocenters. The van der Waals surface area contributed by atoms with Crippen LogP contribution in [0.15, 0.2) is 29.9 Å². The van der Waals surface area contributed by atoms with E-state index in [2.05, 4.69) is 30.9 Å². The second-order valence-electron chi connectivity index (χ2n) is 8.52. The van der Waals surface area contributed by atoms with Crippen LogP contribution in [0, 0.1) is 0 Å². The van der Waals surface area contributed by atoms with Crippen molar-refractivity contribution < 1.29 is 18.7 Å². The number of pyridine rings is 2. The van der Waals surface area contributed by atoms with Gasteiger partial charge in [-0.15, -0.1) is 11.3 Å². The topological polar surface area (TPSA) is 112 Å². The molecule has 1 amide bonds. The van der Waals surface area contributed by atoms with Crippen molar-refractivity contribution >= 4 is 44.9 Å². The lowest BCUT2D eigenvalue weighted by Gasteiger charge is -2.23. The Morgan fingerprint density at radius 3 is 2.66 bits per heavy atom. The number of amides is 1. The summed E-state index contributed by atoms with van der Waals surface area (Å²) in [5.74, 6) is 0.324. The smallest absolute Gasteiger partial charge is 0.255 e. The molecule has 0 aliphatic rings. The van der Waals surface area contributed by atoms with Gasteiger partial charge in [-0.3, -0.25) is 4.79 Å². The highest BCUT2D eigenvalue weighted by Crippen LogP contribution is 2.24. The van der Waals surface area contributed by atoms with Gasteiger partial charge in [0.15, 0.2) is 0 Å². The van der Waals surface area contributed by atoms with Gasteiger partial charge >= 0.3 is 0 Å². The molecular weight excluding hydrogens is 438 g/mol. The highest BCUT2D eigenvalue weighted by atomic mass is 32.1. The summed E-state index contributed by atoms with van der Waals surface area (Å²) in [5.41, 5.74) is -0.200. The Hall–Kier alpha value is -2.92. The first-order valence-electron chi connectivity index (χ1n) is 9.97. The molecule has 0 saturated carbocycles. The van der Waals surface area contributed by atoms with Gasteiger partial charge in [0.2, 0.25) is 0 Å². The number of thiazole rings is 1. The van der Waals surface area contributed by atoms with Gasteiger partial charge in [-0.2, -0.15) is 0 Å². The number of nitrogens with one attached hydrogen (secondary N) is 3. The van der Waals surface area contributed by atoms with Gasteiger partial charge in [0, 0.05) is 18.8 Å². The minimum absolute atomic E-state index is 0.0583. The minimum atomic E-state index is -1.66. The molecular formula is C21H26F2N6O2S. The molecule has 0 radical (unpaired) electrons. The summed E-state index contributed by atoms with van der Waals surface area (Å²) in [5, 5.41) is 18.1. The second kappa shape index (κ2) is 9.29. The van der Waals surface area contributed by atoms with E-state index < -0.39 is 23.3 Å². The molecule has 0 aliphatic carbocycles. The average Bonchev–Trinajstić information content (AvgIpc) is 3.17. The van der Waals surface area contributed by atoms with Gasteiger partial charge in [-0.05, 0) is 39.8 Å². The lowest BCUT2D eigenvalue weighted by molar-refractivity contribution is -0.00177. The van der Waals surface area contributed by atoms with Crippen molar-refractivity contribution in [3.8, 4) is 0 Å². The summed E-state index contributed by atoms with van der Waals surface area (Å²) >= 11 is 1.40. The van der Waals surface area contributed by atoms with Crippen molar-refractivity contribution in [1.82, 2.24) is 20.3 Å². The Morgan fingerprint density at radius 2 is 1.97 bits per heavy atom. The zero-order valence-electron chi connectivity index (χ0n) is 18.2. The number of carbonyl (C=O) groups excluding carboxylic acids is 1. The van der Waals surface area contributed by atoms with E-state index in [-0.39, 0.29) is 18.7 Å². The maximum atomic E-state index is 14.1. The Kier molecular flexibility index (Phi) is 6.89. The van der Waals surface area contributed by atoms with Crippen molar-refractivity contribution in [2.45, 2.75) is 45.1 Å². The fraction of sp³-hybridized carbons (Fsp3) is 0.429. The maximum Gasteiger partial charge on any atom is 0.255 e. The van der Waals surface area contributed by atoms with Crippen LogP contribution in [0.1, 0.15) is 38.1 Å². The van der Waals surface area contributed by atoms with E-state index in [1.165, 1.54) is 45.2 Å². The number of alkyl halides is 2. The van der Waals surface area contributed by atoms with Crippen molar-refractivity contribution in [3.63, 3.8) is 0 Å². The molecule has 0 fully saturated rings. The Bertz CT molecular complexity index is 1090. The fourth-order valence-electron chi connectivity index (χ4n) is 2.64. The van der Waals surface area contributed by atoms with E-state index in [9.17, 15) is 18.7 Å². The number of aromatic nitrogens is 3. The minimum Gasteiger partial charge on any atom is -0.387 e. The van der Waals surface area contributed by atoms with Gasteiger partial charge in [-0.1, -0.05) is 0 Å². The van der Waals surface area contributed by atoms with Crippen molar-refractivity contribution in [3.05, 3.63) is 35.5 Å². The van der Waals surface area contributed by atoms with Gasteiger partial charge < -0.3 is 21.1 Å². The molecule has 4 N–H and O–H groups in total. The first-order chi connectivity index (χ1) is 14.9. The lowest BCUT2D eigenvalue weighted by atomic mass is 10.0. The number of hydrogen-bond acceptors (Lipinski definition) is 8. The highest BCUT2D eigenvalue weighted by Gasteiger charge is 2.27. The van der Waals surface area contributed by atoms with Crippen LogP contribution in [0.3, 0.4) is 0 Å². The largest absolute Gasteiger partial charge is 0.387 e. The van der Waals surface area contributed by atoms with Gasteiger partial charge in [0.05, 0.1) is 28.9 Å². The molecule has 3 heterocycles. The Labute approximate surface area is 188 Å². The monoisotopic (exact) mass is 464 g/mol. The molecule has 172 valence electrons. The van der Waals surface area contributed by atoms with Crippen LogP contribution in [0.5, 0.6) is 0 Å². The molecule has 3 aromatic rings. The van der Waals surface area contributed by atoms with Crippen molar-refractivity contribution in [1.29, 1.82) is 0 Å². The Morgan fingerprint density at radius 1 is 1.22 bits per heavy atom. The third-order valence-electron chi connectivity index (χ3n) is 4.51.